The fraction of sp³-hybridized carbons (Fsp3) is 0.550. The molecule has 0 aliphatic carbocycles. The predicted octanol–water partition coefficient (Wildman–Crippen LogP) is 11.9. The number of aromatic hydroxyl groups is 1. The molecule has 0 aliphatic rings. The van der Waals surface area contributed by atoms with Crippen LogP contribution in [-0.2, 0) is 25.7 Å². The first-order valence-corrected chi connectivity index (χ1v) is 17.0. The topological polar surface area (TPSA) is 20.2 Å². The average Bonchev–Trinajstić information content (AvgIpc) is 2.98. The van der Waals surface area contributed by atoms with E-state index in [2.05, 4.69) is 82.3 Å². The van der Waals surface area contributed by atoms with Gasteiger partial charge in [-0.05, 0) is 84.2 Å². The normalized spacial score (nSPS) is 12.9. The Morgan fingerprint density at radius 1 is 0.488 bits per heavy atom. The lowest BCUT2D eigenvalue weighted by Crippen LogP contribution is -2.09. The summed E-state index contributed by atoms with van der Waals surface area (Å²) in [6.45, 7) is 9.22. The number of aryl methyl sites for hydroxylation is 2. The van der Waals surface area contributed by atoms with E-state index in [1.54, 1.807) is 0 Å². The summed E-state index contributed by atoms with van der Waals surface area (Å²) in [5.74, 6) is 1.07. The summed E-state index contributed by atoms with van der Waals surface area (Å²) in [4.78, 5) is 0. The van der Waals surface area contributed by atoms with Crippen molar-refractivity contribution in [2.45, 2.75) is 142 Å². The van der Waals surface area contributed by atoms with Crippen molar-refractivity contribution in [3.63, 3.8) is 0 Å². The first-order valence-electron chi connectivity index (χ1n) is 17.0. The zero-order chi connectivity index (χ0) is 29.3. The second-order valence-corrected chi connectivity index (χ2v) is 12.6. The molecule has 0 amide bonds. The largest absolute Gasteiger partial charge is 0.508 e. The monoisotopic (exact) mass is 554 g/mol. The summed E-state index contributed by atoms with van der Waals surface area (Å²) < 4.78 is 0. The maximum absolute atomic E-state index is 11.1. The van der Waals surface area contributed by atoms with Gasteiger partial charge in [-0.1, -0.05) is 153 Å². The van der Waals surface area contributed by atoms with E-state index in [4.69, 9.17) is 0 Å². The van der Waals surface area contributed by atoms with Crippen molar-refractivity contribution < 1.29 is 5.11 Å². The van der Waals surface area contributed by atoms with E-state index >= 15 is 0 Å². The average molecular weight is 555 g/mol. The molecule has 1 nitrogen and oxygen atoms in total. The Balaban J connectivity index is 1.68. The Labute approximate surface area is 252 Å². The van der Waals surface area contributed by atoms with Crippen LogP contribution in [0.3, 0.4) is 0 Å². The third-order valence-corrected chi connectivity index (χ3v) is 9.03. The minimum Gasteiger partial charge on any atom is -0.508 e. The minimum atomic E-state index is 0.262. The lowest BCUT2D eigenvalue weighted by atomic mass is 9.81. The highest BCUT2D eigenvalue weighted by Gasteiger charge is 2.21. The van der Waals surface area contributed by atoms with E-state index in [0.717, 1.165) is 24.8 Å². The Hall–Kier alpha value is -2.54. The van der Waals surface area contributed by atoms with E-state index in [1.165, 1.54) is 111 Å². The summed E-state index contributed by atoms with van der Waals surface area (Å²) in [5, 5.41) is 11.1. The predicted molar refractivity (Wildman–Crippen MR) is 179 cm³/mol. The highest BCUT2D eigenvalue weighted by molar-refractivity contribution is 5.45. The molecule has 0 fully saturated rings. The van der Waals surface area contributed by atoms with Gasteiger partial charge in [0, 0.05) is 5.56 Å². The van der Waals surface area contributed by atoms with Crippen LogP contribution in [0.2, 0.25) is 0 Å². The third kappa shape index (κ3) is 11.0. The van der Waals surface area contributed by atoms with Crippen LogP contribution in [0.25, 0.3) is 0 Å². The number of rotatable bonds is 20. The highest BCUT2D eigenvalue weighted by atomic mass is 16.3. The summed E-state index contributed by atoms with van der Waals surface area (Å²) in [7, 11) is 0. The number of hydrogen-bond donors (Lipinski definition) is 1. The second kappa shape index (κ2) is 18.8. The van der Waals surface area contributed by atoms with Gasteiger partial charge in [0.2, 0.25) is 0 Å². The lowest BCUT2D eigenvalue weighted by molar-refractivity contribution is 0.459. The van der Waals surface area contributed by atoms with Crippen molar-refractivity contribution in [3.8, 4) is 5.75 Å². The van der Waals surface area contributed by atoms with E-state index in [9.17, 15) is 5.11 Å². The molecule has 2 atom stereocenters. The molecule has 3 aromatic carbocycles. The molecule has 224 valence electrons. The maximum atomic E-state index is 11.1. The van der Waals surface area contributed by atoms with Crippen molar-refractivity contribution in [1.82, 2.24) is 0 Å². The first kappa shape index (κ1) is 33.0. The summed E-state index contributed by atoms with van der Waals surface area (Å²) in [6, 6.07) is 24.2. The van der Waals surface area contributed by atoms with E-state index in [-0.39, 0.29) is 5.92 Å². The van der Waals surface area contributed by atoms with Crippen LogP contribution in [0, 0.1) is 0 Å². The minimum absolute atomic E-state index is 0.262. The quantitative estimate of drug-likeness (QED) is 0.138. The highest BCUT2D eigenvalue weighted by Crippen LogP contribution is 2.37. The number of phenols is 1. The Bertz CT molecular complexity index is 1130. The van der Waals surface area contributed by atoms with Crippen LogP contribution < -0.4 is 0 Å². The summed E-state index contributed by atoms with van der Waals surface area (Å²) in [5.41, 5.74) is 8.36. The molecule has 0 saturated heterocycles. The smallest absolute Gasteiger partial charge is 0.119 e. The standard InChI is InChI=1S/C40H58O/c1-5-7-9-11-13-15-22-34-24-17-19-26-36(34)30-32(3)38-28-21-29-39(41)40(38)33(4)31-37-27-20-18-25-35(37)23-16-14-12-10-8-6-2/h17-21,24-29,32-33,41H,5-16,22-23,30-31H2,1-4H3. The molecular formula is C40H58O. The van der Waals surface area contributed by atoms with Gasteiger partial charge in [0.05, 0.1) is 0 Å². The van der Waals surface area contributed by atoms with Gasteiger partial charge in [0.15, 0.2) is 0 Å². The number of hydrogen-bond acceptors (Lipinski definition) is 1. The molecule has 1 N–H and O–H groups in total. The molecule has 3 aromatic rings. The molecule has 0 heterocycles. The summed E-state index contributed by atoms with van der Waals surface area (Å²) >= 11 is 0. The van der Waals surface area contributed by atoms with Crippen LogP contribution in [0.15, 0.2) is 66.7 Å². The first-order chi connectivity index (χ1) is 20.0. The third-order valence-electron chi connectivity index (χ3n) is 9.03. The van der Waals surface area contributed by atoms with Gasteiger partial charge in [0.25, 0.3) is 0 Å². The fourth-order valence-corrected chi connectivity index (χ4v) is 6.60. The van der Waals surface area contributed by atoms with Gasteiger partial charge < -0.3 is 5.11 Å². The molecule has 0 radical (unpaired) electrons. The van der Waals surface area contributed by atoms with Crippen LogP contribution in [0.1, 0.15) is 150 Å². The van der Waals surface area contributed by atoms with Crippen molar-refractivity contribution >= 4 is 0 Å². The maximum Gasteiger partial charge on any atom is 0.119 e. The van der Waals surface area contributed by atoms with Crippen LogP contribution in [0.4, 0.5) is 0 Å². The zero-order valence-electron chi connectivity index (χ0n) is 26.8. The van der Waals surface area contributed by atoms with Crippen molar-refractivity contribution in [3.05, 3.63) is 100 Å². The lowest BCUT2D eigenvalue weighted by Gasteiger charge is -2.24. The van der Waals surface area contributed by atoms with E-state index < -0.39 is 0 Å². The van der Waals surface area contributed by atoms with Crippen molar-refractivity contribution in [1.29, 1.82) is 0 Å². The number of unbranched alkanes of at least 4 members (excludes halogenated alkanes) is 10. The molecule has 0 spiro atoms. The van der Waals surface area contributed by atoms with Gasteiger partial charge >= 0.3 is 0 Å². The molecule has 3 rings (SSSR count). The molecule has 0 aliphatic heterocycles. The van der Waals surface area contributed by atoms with Crippen LogP contribution in [-0.4, -0.2) is 5.11 Å². The summed E-state index contributed by atoms with van der Waals surface area (Å²) in [6.07, 6.45) is 20.3. The van der Waals surface area contributed by atoms with E-state index in [1.807, 2.05) is 12.1 Å². The molecule has 2 unspecified atom stereocenters. The van der Waals surface area contributed by atoms with Gasteiger partial charge in [-0.3, -0.25) is 0 Å². The number of benzene rings is 3. The SMILES string of the molecule is CCCCCCCCc1ccccc1CC(C)c1cccc(O)c1C(C)Cc1ccccc1CCCCCCCC. The molecule has 0 aromatic heterocycles. The van der Waals surface area contributed by atoms with Crippen LogP contribution >= 0.6 is 0 Å². The second-order valence-electron chi connectivity index (χ2n) is 12.6. The molecule has 1 heteroatoms. The van der Waals surface area contributed by atoms with Gasteiger partial charge in [-0.15, -0.1) is 0 Å². The van der Waals surface area contributed by atoms with Gasteiger partial charge in [-0.25, -0.2) is 0 Å². The Morgan fingerprint density at radius 2 is 0.927 bits per heavy atom. The van der Waals surface area contributed by atoms with Crippen molar-refractivity contribution in [2.24, 2.45) is 0 Å². The van der Waals surface area contributed by atoms with E-state index in [0.29, 0.717) is 11.7 Å². The van der Waals surface area contributed by atoms with Gasteiger partial charge in [-0.2, -0.15) is 0 Å². The number of phenolic OH excluding ortho intramolecular Hbond substituents is 1. The molecule has 0 bridgehead atoms. The molecule has 0 saturated carbocycles. The Morgan fingerprint density at radius 3 is 1.44 bits per heavy atom. The molecular weight excluding hydrogens is 496 g/mol. The van der Waals surface area contributed by atoms with Gasteiger partial charge in [0.1, 0.15) is 5.75 Å². The Kier molecular flexibility index (Phi) is 15.1. The fourth-order valence-electron chi connectivity index (χ4n) is 6.60. The molecule has 41 heavy (non-hydrogen) atoms. The zero-order valence-corrected chi connectivity index (χ0v) is 26.8. The van der Waals surface area contributed by atoms with Crippen molar-refractivity contribution in [2.75, 3.05) is 0 Å². The van der Waals surface area contributed by atoms with Crippen LogP contribution in [0.5, 0.6) is 5.75 Å².